The fourth-order valence-corrected chi connectivity index (χ4v) is 9.28. The van der Waals surface area contributed by atoms with Gasteiger partial charge in [0.05, 0.1) is 61.9 Å². The van der Waals surface area contributed by atoms with Crippen LogP contribution in [-0.2, 0) is 34.9 Å². The van der Waals surface area contributed by atoms with Gasteiger partial charge in [-0.25, -0.2) is 4.79 Å². The van der Waals surface area contributed by atoms with E-state index in [0.29, 0.717) is 48.1 Å². The van der Waals surface area contributed by atoms with Gasteiger partial charge >= 0.3 is 12.1 Å². The number of hydrogen-bond donors (Lipinski definition) is 2. The summed E-state index contributed by atoms with van der Waals surface area (Å²) in [5, 5.41) is 19.9. The van der Waals surface area contributed by atoms with Crippen LogP contribution in [0.5, 0.6) is 5.75 Å². The number of allylic oxidation sites excluding steroid dienone is 3. The summed E-state index contributed by atoms with van der Waals surface area (Å²) in [6.07, 6.45) is 7.72. The van der Waals surface area contributed by atoms with Crippen LogP contribution in [0, 0.1) is 5.92 Å². The van der Waals surface area contributed by atoms with Gasteiger partial charge in [-0.2, -0.15) is 0 Å². The average molecular weight is 760 g/mol. The van der Waals surface area contributed by atoms with Crippen molar-refractivity contribution in [2.75, 3.05) is 71.9 Å². The zero-order chi connectivity index (χ0) is 37.3. The predicted molar refractivity (Wildman–Crippen MR) is 202 cm³/mol. The molecule has 0 aromatic heterocycles. The van der Waals surface area contributed by atoms with E-state index in [2.05, 4.69) is 6.08 Å². The van der Waals surface area contributed by atoms with Crippen LogP contribution in [0.1, 0.15) is 45.6 Å². The van der Waals surface area contributed by atoms with Crippen molar-refractivity contribution < 1.29 is 48.2 Å². The number of halogens is 1. The second-order valence-corrected chi connectivity index (χ2v) is 15.6. The molecule has 0 aliphatic carbocycles. The van der Waals surface area contributed by atoms with Crippen LogP contribution in [0.2, 0.25) is 5.02 Å². The van der Waals surface area contributed by atoms with Crippen molar-refractivity contribution >= 4 is 52.9 Å². The van der Waals surface area contributed by atoms with Crippen LogP contribution < -0.4 is 9.64 Å². The first-order valence-electron chi connectivity index (χ1n) is 16.4. The van der Waals surface area contributed by atoms with E-state index in [9.17, 15) is 19.8 Å². The largest absolute Gasteiger partial charge is 0.495 e. The molecule has 2 N–H and O–H groups in total. The zero-order valence-electron chi connectivity index (χ0n) is 30.4. The van der Waals surface area contributed by atoms with Crippen LogP contribution in [0.4, 0.5) is 10.5 Å². The third-order valence-corrected chi connectivity index (χ3v) is 12.1. The summed E-state index contributed by atoms with van der Waals surface area (Å²) in [6.45, 7) is 6.67. The fraction of sp³-hybridized carbons (Fsp3) is 0.611. The number of anilines is 1. The second-order valence-electron chi connectivity index (χ2n) is 12.1. The number of carbonyl (C=O) groups is 2. The molecular weight excluding hydrogens is 706 g/mol. The smallest absolute Gasteiger partial charge is 0.413 e. The number of nitrogens with zero attached hydrogens (tertiary/aromatic N) is 1. The Bertz CT molecular complexity index is 1320. The highest BCUT2D eigenvalue weighted by Crippen LogP contribution is 2.50. The summed E-state index contributed by atoms with van der Waals surface area (Å²) in [5.41, 5.74) is 3.04. The van der Waals surface area contributed by atoms with Gasteiger partial charge in [0.2, 0.25) is 0 Å². The maximum atomic E-state index is 12.2. The monoisotopic (exact) mass is 759 g/mol. The Kier molecular flexibility index (Phi) is 19.9. The van der Waals surface area contributed by atoms with Crippen LogP contribution in [0.15, 0.2) is 47.6 Å². The van der Waals surface area contributed by atoms with Crippen LogP contribution in [-0.4, -0.2) is 112 Å². The summed E-state index contributed by atoms with van der Waals surface area (Å²) < 4.78 is 33.2. The number of ether oxygens (including phenoxy) is 6. The summed E-state index contributed by atoms with van der Waals surface area (Å²) >= 11 is 10.2. The lowest BCUT2D eigenvalue weighted by Crippen LogP contribution is -2.43. The van der Waals surface area contributed by atoms with E-state index in [-0.39, 0.29) is 35.4 Å². The first kappa shape index (κ1) is 43.9. The third kappa shape index (κ3) is 13.7. The van der Waals surface area contributed by atoms with Crippen LogP contribution >= 0.6 is 35.1 Å². The Balaban J connectivity index is 2.35. The molecule has 1 aromatic rings. The lowest BCUT2D eigenvalue weighted by molar-refractivity contribution is -0.138. The van der Waals surface area contributed by atoms with E-state index >= 15 is 0 Å². The maximum Gasteiger partial charge on any atom is 0.413 e. The number of carboxylic acid groups (broad SMARTS) is 1. The second kappa shape index (κ2) is 22.7. The Morgan fingerprint density at radius 2 is 1.82 bits per heavy atom. The highest BCUT2D eigenvalue weighted by atomic mass is 35.5. The average Bonchev–Trinajstić information content (AvgIpc) is 3.09. The van der Waals surface area contributed by atoms with Gasteiger partial charge in [0.25, 0.3) is 0 Å². The fourth-order valence-electron chi connectivity index (χ4n) is 5.44. The Morgan fingerprint density at radius 3 is 2.42 bits per heavy atom. The van der Waals surface area contributed by atoms with Crippen molar-refractivity contribution in [3.05, 3.63) is 58.2 Å². The number of hydrogen-bond acceptors (Lipinski definition) is 11. The molecule has 2 rings (SSSR count). The van der Waals surface area contributed by atoms with Gasteiger partial charge in [-0.15, -0.1) is 23.5 Å². The summed E-state index contributed by atoms with van der Waals surface area (Å²) in [5.74, 6) is 1.17. The maximum absolute atomic E-state index is 12.2. The Labute approximate surface area is 310 Å². The highest BCUT2D eigenvalue weighted by molar-refractivity contribution is 8.18. The normalized spacial score (nSPS) is 17.6. The molecule has 0 bridgehead atoms. The van der Waals surface area contributed by atoms with Crippen molar-refractivity contribution in [2.24, 2.45) is 5.92 Å². The standard InChI is InChI=1S/C36H54ClNO10S2/c1-24(17-27-19-28(38(4)35(42)46-8)34(37)30(20-27)44-6)11-9-12-32(45-7)36(49-15-10-16-50-36)22-31(48-23-47-14-13-43-5)26(3)18-25(2)29(39)21-33(40)41/h9,11-12,18-20,26,29,31-32,39H,10,13-17,21-23H2,1-8H3,(H,40,41)/b12-9+,24-11+,25-18+/t26-,29-,31-,32+/m0/s1. The molecule has 1 heterocycles. The molecule has 11 nitrogen and oxygen atoms in total. The molecule has 1 aromatic carbocycles. The molecule has 282 valence electrons. The first-order chi connectivity index (χ1) is 23.8. The highest BCUT2D eigenvalue weighted by Gasteiger charge is 2.44. The number of aliphatic hydroxyl groups excluding tert-OH is 1. The third-order valence-electron chi connectivity index (χ3n) is 8.22. The molecule has 1 amide bonds. The molecule has 50 heavy (non-hydrogen) atoms. The zero-order valence-corrected chi connectivity index (χ0v) is 32.8. The van der Waals surface area contributed by atoms with Crippen molar-refractivity contribution in [1.82, 2.24) is 0 Å². The van der Waals surface area contributed by atoms with Crippen molar-refractivity contribution in [3.63, 3.8) is 0 Å². The number of thioether (sulfide) groups is 2. The van der Waals surface area contributed by atoms with Crippen molar-refractivity contribution in [3.8, 4) is 5.75 Å². The molecule has 1 aliphatic rings. The number of methoxy groups -OCH3 is 4. The number of carboxylic acids is 1. The molecule has 0 radical (unpaired) electrons. The van der Waals surface area contributed by atoms with Gasteiger partial charge < -0.3 is 38.6 Å². The SMILES string of the molecule is COCCOCO[C@@H](CC1([C@@H](/C=C/C=C(\C)Cc2cc(OC)c(Cl)c(N(C)C(=O)OC)c2)OC)SCCCS1)[C@@H](C)/C=C(\C)[C@@H](O)CC(=O)O. The minimum Gasteiger partial charge on any atom is -0.495 e. The van der Waals surface area contributed by atoms with Crippen LogP contribution in [0.3, 0.4) is 0 Å². The molecular formula is C36H54ClNO10S2. The Hall–Kier alpha value is -2.23. The van der Waals surface area contributed by atoms with Crippen molar-refractivity contribution in [2.45, 2.75) is 68.8 Å². The molecule has 1 aliphatic heterocycles. The number of benzene rings is 1. The van der Waals surface area contributed by atoms with Gasteiger partial charge in [0, 0.05) is 33.6 Å². The predicted octanol–water partition coefficient (Wildman–Crippen LogP) is 6.99. The number of rotatable bonds is 21. The molecule has 0 saturated carbocycles. The van der Waals surface area contributed by atoms with Crippen LogP contribution in [0.25, 0.3) is 0 Å². The van der Waals surface area contributed by atoms with Gasteiger partial charge in [-0.05, 0) is 61.5 Å². The van der Waals surface area contributed by atoms with Crippen molar-refractivity contribution in [1.29, 1.82) is 0 Å². The number of carbonyl (C=O) groups excluding carboxylic acids is 1. The van der Waals surface area contributed by atoms with Gasteiger partial charge in [-0.3, -0.25) is 9.69 Å². The van der Waals surface area contributed by atoms with E-state index in [4.69, 9.17) is 40.0 Å². The number of aliphatic carboxylic acids is 1. The molecule has 4 atom stereocenters. The van der Waals surface area contributed by atoms with E-state index in [0.717, 1.165) is 29.1 Å². The quantitative estimate of drug-likeness (QED) is 0.0579. The molecule has 0 spiro atoms. The van der Waals surface area contributed by atoms with E-state index < -0.39 is 18.2 Å². The summed E-state index contributed by atoms with van der Waals surface area (Å²) in [4.78, 5) is 24.8. The number of amides is 1. The molecule has 1 fully saturated rings. The topological polar surface area (TPSA) is 133 Å². The lowest BCUT2D eigenvalue weighted by Gasteiger charge is -2.43. The first-order valence-corrected chi connectivity index (χ1v) is 18.8. The number of aliphatic hydroxyl groups is 1. The van der Waals surface area contributed by atoms with E-state index in [1.54, 1.807) is 28.2 Å². The molecule has 1 saturated heterocycles. The van der Waals surface area contributed by atoms with E-state index in [1.165, 1.54) is 19.1 Å². The minimum atomic E-state index is -1.08. The lowest BCUT2D eigenvalue weighted by atomic mass is 9.94. The summed E-state index contributed by atoms with van der Waals surface area (Å²) in [7, 11) is 7.76. The van der Waals surface area contributed by atoms with Gasteiger partial charge in [-0.1, -0.05) is 48.4 Å². The van der Waals surface area contributed by atoms with E-state index in [1.807, 2.05) is 67.7 Å². The molecule has 14 heteroatoms. The Morgan fingerprint density at radius 1 is 1.12 bits per heavy atom. The summed E-state index contributed by atoms with van der Waals surface area (Å²) in [6, 6.07) is 3.71. The van der Waals surface area contributed by atoms with Gasteiger partial charge in [0.15, 0.2) is 0 Å². The van der Waals surface area contributed by atoms with Gasteiger partial charge in [0.1, 0.15) is 17.6 Å². The minimum absolute atomic E-state index is 0.0659. The molecule has 0 unspecified atom stereocenters.